The number of ether oxygens (including phenoxy) is 1. The van der Waals surface area contributed by atoms with Crippen LogP contribution in [-0.4, -0.2) is 54.5 Å². The van der Waals surface area contributed by atoms with E-state index in [1.54, 1.807) is 19.2 Å². The molecule has 108 valence electrons. The first-order chi connectivity index (χ1) is 9.48. The summed E-state index contributed by atoms with van der Waals surface area (Å²) in [5.41, 5.74) is 1.19. The summed E-state index contributed by atoms with van der Waals surface area (Å²) < 4.78 is 20.5. The number of nitrogens with zero attached hydrogens (tertiary/aromatic N) is 3. The molecule has 0 saturated carbocycles. The zero-order valence-electron chi connectivity index (χ0n) is 10.6. The van der Waals surface area contributed by atoms with Gasteiger partial charge in [0.1, 0.15) is 30.8 Å². The molecule has 0 bridgehead atoms. The Labute approximate surface area is 113 Å². The van der Waals surface area contributed by atoms with Gasteiger partial charge in [-0.25, -0.2) is 14.4 Å². The molecule has 1 aliphatic rings. The van der Waals surface area contributed by atoms with Crippen molar-refractivity contribution >= 4 is 11.0 Å². The van der Waals surface area contributed by atoms with E-state index in [0.29, 0.717) is 5.65 Å². The Morgan fingerprint density at radius 1 is 1.45 bits per heavy atom. The first-order valence-corrected chi connectivity index (χ1v) is 6.10. The molecule has 3 N–H and O–H groups in total. The van der Waals surface area contributed by atoms with Gasteiger partial charge in [-0.05, 0) is 13.0 Å². The second-order valence-electron chi connectivity index (χ2n) is 4.81. The van der Waals surface area contributed by atoms with E-state index in [4.69, 9.17) is 9.84 Å². The van der Waals surface area contributed by atoms with Crippen LogP contribution in [0.2, 0.25) is 0 Å². The third-order valence-electron chi connectivity index (χ3n) is 3.57. The highest BCUT2D eigenvalue weighted by Gasteiger charge is 2.55. The lowest BCUT2D eigenvalue weighted by Crippen LogP contribution is -2.42. The number of fused-ring (bicyclic) bond motifs is 1. The smallest absolute Gasteiger partial charge is 0.263 e. The van der Waals surface area contributed by atoms with E-state index in [2.05, 4.69) is 9.97 Å². The first-order valence-electron chi connectivity index (χ1n) is 6.10. The van der Waals surface area contributed by atoms with Crippen LogP contribution < -0.4 is 0 Å². The molecule has 1 fully saturated rings. The summed E-state index contributed by atoms with van der Waals surface area (Å²) in [7, 11) is 0. The van der Waals surface area contributed by atoms with Gasteiger partial charge in [0.05, 0.1) is 5.69 Å². The van der Waals surface area contributed by atoms with Gasteiger partial charge >= 0.3 is 0 Å². The van der Waals surface area contributed by atoms with Crippen LogP contribution in [-0.2, 0) is 4.74 Å². The minimum atomic E-state index is -2.69. The van der Waals surface area contributed by atoms with Crippen LogP contribution in [0.25, 0.3) is 11.0 Å². The Kier molecular flexibility index (Phi) is 2.98. The Morgan fingerprint density at radius 2 is 2.20 bits per heavy atom. The van der Waals surface area contributed by atoms with Crippen LogP contribution in [0.15, 0.2) is 18.6 Å². The van der Waals surface area contributed by atoms with Crippen molar-refractivity contribution < 1.29 is 24.4 Å². The van der Waals surface area contributed by atoms with E-state index in [-0.39, 0.29) is 0 Å². The van der Waals surface area contributed by atoms with Crippen molar-refractivity contribution in [3.63, 3.8) is 0 Å². The molecule has 3 heterocycles. The Balaban J connectivity index is 2.06. The summed E-state index contributed by atoms with van der Waals surface area (Å²) in [5.74, 6) is -2.69. The third kappa shape index (κ3) is 1.73. The summed E-state index contributed by atoms with van der Waals surface area (Å²) in [4.78, 5) is 8.11. The number of aliphatic hydroxyl groups excluding tert-OH is 3. The predicted molar refractivity (Wildman–Crippen MR) is 65.3 cm³/mol. The van der Waals surface area contributed by atoms with Crippen molar-refractivity contribution in [1.82, 2.24) is 14.5 Å². The molecule has 0 aliphatic carbocycles. The van der Waals surface area contributed by atoms with Gasteiger partial charge in [-0.15, -0.1) is 0 Å². The normalized spacial score (nSPS) is 34.0. The molecule has 0 amide bonds. The number of hydrogen-bond donors (Lipinski definition) is 3. The number of halogens is 1. The number of aryl methyl sites for hydroxylation is 1. The zero-order valence-corrected chi connectivity index (χ0v) is 10.6. The second-order valence-corrected chi connectivity index (χ2v) is 4.81. The van der Waals surface area contributed by atoms with Crippen molar-refractivity contribution in [3.8, 4) is 0 Å². The van der Waals surface area contributed by atoms with Gasteiger partial charge in [-0.1, -0.05) is 0 Å². The number of alkyl halides is 1. The van der Waals surface area contributed by atoms with Gasteiger partial charge in [0, 0.05) is 11.6 Å². The van der Waals surface area contributed by atoms with Crippen LogP contribution in [0.4, 0.5) is 4.39 Å². The first kappa shape index (κ1) is 13.4. The van der Waals surface area contributed by atoms with Gasteiger partial charge in [-0.2, -0.15) is 0 Å². The standard InChI is InChI=1S/C12H14FN3O4/c1-6-7-2-3-16(10(7)15-5-14-6)11-8(18)9(19)12(13,4-17)20-11/h2-3,5,8-9,11,17-19H,4H2,1H3/t8-,9+,11-,12-/m1/s1. The molecule has 8 heteroatoms. The fourth-order valence-corrected chi connectivity index (χ4v) is 2.41. The highest BCUT2D eigenvalue weighted by atomic mass is 19.2. The highest BCUT2D eigenvalue weighted by Crippen LogP contribution is 2.39. The molecule has 2 aromatic heterocycles. The lowest BCUT2D eigenvalue weighted by molar-refractivity contribution is -0.206. The molecule has 2 aromatic rings. The van der Waals surface area contributed by atoms with Crippen LogP contribution >= 0.6 is 0 Å². The van der Waals surface area contributed by atoms with E-state index in [1.807, 2.05) is 0 Å². The molecule has 0 radical (unpaired) electrons. The minimum Gasteiger partial charge on any atom is -0.390 e. The van der Waals surface area contributed by atoms with Crippen molar-refractivity contribution in [2.75, 3.05) is 6.61 Å². The molecule has 7 nitrogen and oxygen atoms in total. The van der Waals surface area contributed by atoms with Gasteiger partial charge in [0.2, 0.25) is 0 Å². The minimum absolute atomic E-state index is 0.455. The zero-order chi connectivity index (χ0) is 14.5. The van der Waals surface area contributed by atoms with E-state index in [1.165, 1.54) is 10.9 Å². The molecule has 0 aromatic carbocycles. The van der Waals surface area contributed by atoms with Crippen LogP contribution in [0, 0.1) is 6.92 Å². The fourth-order valence-electron chi connectivity index (χ4n) is 2.41. The third-order valence-corrected chi connectivity index (χ3v) is 3.57. The lowest BCUT2D eigenvalue weighted by atomic mass is 10.1. The Bertz CT molecular complexity index is 649. The molecular formula is C12H14FN3O4. The molecular weight excluding hydrogens is 269 g/mol. The maximum absolute atomic E-state index is 14.1. The van der Waals surface area contributed by atoms with Crippen molar-refractivity contribution in [2.24, 2.45) is 0 Å². The summed E-state index contributed by atoms with van der Waals surface area (Å²) in [6, 6.07) is 1.71. The summed E-state index contributed by atoms with van der Waals surface area (Å²) >= 11 is 0. The monoisotopic (exact) mass is 283 g/mol. The average Bonchev–Trinajstić information content (AvgIpc) is 2.96. The second kappa shape index (κ2) is 4.45. The van der Waals surface area contributed by atoms with Crippen molar-refractivity contribution in [3.05, 3.63) is 24.3 Å². The lowest BCUT2D eigenvalue weighted by Gasteiger charge is -2.20. The van der Waals surface area contributed by atoms with Gasteiger partial charge < -0.3 is 24.6 Å². The van der Waals surface area contributed by atoms with Crippen LogP contribution in [0.5, 0.6) is 0 Å². The van der Waals surface area contributed by atoms with Gasteiger partial charge in [-0.3, -0.25) is 0 Å². The molecule has 20 heavy (non-hydrogen) atoms. The fraction of sp³-hybridized carbons (Fsp3) is 0.500. The highest BCUT2D eigenvalue weighted by molar-refractivity contribution is 5.78. The number of hydrogen-bond acceptors (Lipinski definition) is 6. The Morgan fingerprint density at radius 3 is 2.85 bits per heavy atom. The van der Waals surface area contributed by atoms with Gasteiger partial charge in [0.25, 0.3) is 5.85 Å². The quantitative estimate of drug-likeness (QED) is 0.696. The van der Waals surface area contributed by atoms with Crippen molar-refractivity contribution in [1.29, 1.82) is 0 Å². The van der Waals surface area contributed by atoms with Crippen molar-refractivity contribution in [2.45, 2.75) is 31.2 Å². The summed E-state index contributed by atoms with van der Waals surface area (Å²) in [6.45, 7) is 0.747. The molecule has 3 rings (SSSR count). The maximum Gasteiger partial charge on any atom is 0.263 e. The SMILES string of the molecule is Cc1ncnc2c1ccn2[C@@H]1O[C@](F)(CO)[C@@H](O)[C@H]1O. The Hall–Kier alpha value is -1.61. The number of rotatable bonds is 2. The molecule has 0 unspecified atom stereocenters. The summed E-state index contributed by atoms with van der Waals surface area (Å²) in [5, 5.41) is 29.3. The largest absolute Gasteiger partial charge is 0.390 e. The van der Waals surface area contributed by atoms with E-state index < -0.39 is 30.9 Å². The van der Waals surface area contributed by atoms with Gasteiger partial charge in [0.15, 0.2) is 6.23 Å². The van der Waals surface area contributed by atoms with Crippen LogP contribution in [0.3, 0.4) is 0 Å². The molecule has 0 spiro atoms. The summed E-state index contributed by atoms with van der Waals surface area (Å²) in [6.07, 6.45) is -1.61. The van der Waals surface area contributed by atoms with E-state index in [9.17, 15) is 14.6 Å². The topological polar surface area (TPSA) is 101 Å². The molecule has 1 saturated heterocycles. The molecule has 4 atom stereocenters. The van der Waals surface area contributed by atoms with E-state index >= 15 is 0 Å². The number of aliphatic hydroxyl groups is 3. The van der Waals surface area contributed by atoms with E-state index in [0.717, 1.165) is 11.1 Å². The average molecular weight is 283 g/mol. The number of aromatic nitrogens is 3. The molecule has 1 aliphatic heterocycles. The predicted octanol–water partition coefficient (Wildman–Crippen LogP) is -0.352. The van der Waals surface area contributed by atoms with Crippen LogP contribution in [0.1, 0.15) is 11.9 Å². The maximum atomic E-state index is 14.1.